The average molecular weight is 337 g/mol. The number of aromatic nitrogens is 1. The first-order valence-corrected chi connectivity index (χ1v) is 7.54. The highest BCUT2D eigenvalue weighted by Gasteiger charge is 2.34. The number of carboxylic acid groups (broad SMARTS) is 1. The molecule has 2 N–H and O–H groups in total. The van der Waals surface area contributed by atoms with Crippen LogP contribution < -0.4 is 0 Å². The molecule has 0 radical (unpaired) electrons. The van der Waals surface area contributed by atoms with Gasteiger partial charge in [-0.1, -0.05) is 22.9 Å². The number of likely N-dealkylation sites (tertiary alicyclic amines) is 1. The van der Waals surface area contributed by atoms with Gasteiger partial charge in [-0.3, -0.25) is 9.69 Å². The zero-order valence-electron chi connectivity index (χ0n) is 11.3. The monoisotopic (exact) mass is 336 g/mol. The highest BCUT2D eigenvalue weighted by atomic mass is 79.9. The van der Waals surface area contributed by atoms with Crippen LogP contribution in [0.2, 0.25) is 0 Å². The van der Waals surface area contributed by atoms with E-state index in [0.29, 0.717) is 0 Å². The minimum atomic E-state index is -0.689. The molecule has 20 heavy (non-hydrogen) atoms. The van der Waals surface area contributed by atoms with E-state index in [4.69, 9.17) is 5.11 Å². The van der Waals surface area contributed by atoms with Crippen molar-refractivity contribution in [3.63, 3.8) is 0 Å². The van der Waals surface area contributed by atoms with Crippen molar-refractivity contribution in [1.82, 2.24) is 9.88 Å². The first-order chi connectivity index (χ1) is 9.54. The number of hydrogen-bond acceptors (Lipinski definition) is 2. The summed E-state index contributed by atoms with van der Waals surface area (Å²) >= 11 is 3.50. The van der Waals surface area contributed by atoms with E-state index in [1.165, 1.54) is 10.9 Å². The first-order valence-electron chi connectivity index (χ1n) is 6.75. The van der Waals surface area contributed by atoms with Gasteiger partial charge >= 0.3 is 5.97 Å². The Bertz CT molecular complexity index is 646. The molecular formula is C15H17BrN2O2. The number of carbonyl (C=O) groups is 1. The smallest absolute Gasteiger partial charge is 0.306 e. The molecule has 0 amide bonds. The first kappa shape index (κ1) is 13.6. The molecule has 1 atom stereocenters. The summed E-state index contributed by atoms with van der Waals surface area (Å²) in [7, 11) is 0. The molecule has 1 aromatic heterocycles. The third kappa shape index (κ3) is 2.47. The fourth-order valence-corrected chi connectivity index (χ4v) is 3.14. The Balaban J connectivity index is 1.67. The van der Waals surface area contributed by atoms with Gasteiger partial charge < -0.3 is 10.1 Å². The molecular weight excluding hydrogens is 320 g/mol. The Morgan fingerprint density at radius 2 is 2.30 bits per heavy atom. The molecule has 2 aromatic rings. The number of H-pyrrole nitrogens is 1. The van der Waals surface area contributed by atoms with Gasteiger partial charge in [0.25, 0.3) is 0 Å². The molecule has 1 aromatic carbocycles. The molecule has 106 valence electrons. The van der Waals surface area contributed by atoms with Crippen molar-refractivity contribution < 1.29 is 9.90 Å². The second-order valence-electron chi connectivity index (χ2n) is 5.58. The van der Waals surface area contributed by atoms with Gasteiger partial charge in [0.2, 0.25) is 0 Å². The molecule has 1 fully saturated rings. The molecule has 0 bridgehead atoms. The van der Waals surface area contributed by atoms with Crippen LogP contribution in [0.15, 0.2) is 28.9 Å². The molecule has 4 nitrogen and oxygen atoms in total. The van der Waals surface area contributed by atoms with Crippen molar-refractivity contribution >= 4 is 32.8 Å². The minimum Gasteiger partial charge on any atom is -0.481 e. The van der Waals surface area contributed by atoms with E-state index >= 15 is 0 Å². The molecule has 0 aliphatic carbocycles. The number of aliphatic carboxylic acids is 1. The number of fused-ring (bicyclic) bond motifs is 1. The largest absolute Gasteiger partial charge is 0.481 e. The van der Waals surface area contributed by atoms with Gasteiger partial charge in [0.15, 0.2) is 0 Å². The van der Waals surface area contributed by atoms with Crippen LogP contribution in [0.5, 0.6) is 0 Å². The average Bonchev–Trinajstić information content (AvgIpc) is 2.74. The summed E-state index contributed by atoms with van der Waals surface area (Å²) < 4.78 is 1.08. The van der Waals surface area contributed by atoms with Crippen molar-refractivity contribution in [2.24, 2.45) is 11.8 Å². The Morgan fingerprint density at radius 1 is 1.55 bits per heavy atom. The fraction of sp³-hybridized carbons (Fsp3) is 0.400. The van der Waals surface area contributed by atoms with Gasteiger partial charge in [0.05, 0.1) is 5.92 Å². The Labute approximate surface area is 125 Å². The summed E-state index contributed by atoms with van der Waals surface area (Å²) in [6.07, 6.45) is 2.05. The van der Waals surface area contributed by atoms with E-state index in [9.17, 15) is 4.79 Å². The van der Waals surface area contributed by atoms with Gasteiger partial charge in [-0.2, -0.15) is 0 Å². The minimum absolute atomic E-state index is 0.247. The van der Waals surface area contributed by atoms with Crippen molar-refractivity contribution in [2.45, 2.75) is 13.5 Å². The van der Waals surface area contributed by atoms with E-state index in [2.05, 4.69) is 37.9 Å². The molecule has 0 saturated carbocycles. The number of hydrogen-bond donors (Lipinski definition) is 2. The topological polar surface area (TPSA) is 56.3 Å². The van der Waals surface area contributed by atoms with Crippen LogP contribution in [0.25, 0.3) is 10.9 Å². The number of rotatable bonds is 4. The number of carboxylic acids is 1. The predicted octanol–water partition coefficient (Wildman–Crippen LogP) is 3.08. The maximum atomic E-state index is 10.9. The normalized spacial score (nSPS) is 18.1. The van der Waals surface area contributed by atoms with Crippen LogP contribution >= 0.6 is 15.9 Å². The van der Waals surface area contributed by atoms with Gasteiger partial charge in [-0.25, -0.2) is 0 Å². The Kier molecular flexibility index (Phi) is 3.56. The maximum Gasteiger partial charge on any atom is 0.306 e. The lowest BCUT2D eigenvalue weighted by atomic mass is 9.87. The van der Waals surface area contributed by atoms with Gasteiger partial charge in [0.1, 0.15) is 0 Å². The SMILES string of the molecule is CC(C(=O)O)C1CN(Cc2c[nH]c3ccc(Br)cc23)C1. The summed E-state index contributed by atoms with van der Waals surface area (Å²) in [5.41, 5.74) is 2.40. The number of nitrogens with zero attached hydrogens (tertiary/aromatic N) is 1. The van der Waals surface area contributed by atoms with E-state index < -0.39 is 5.97 Å². The quantitative estimate of drug-likeness (QED) is 0.901. The van der Waals surface area contributed by atoms with Crippen LogP contribution in [0.1, 0.15) is 12.5 Å². The second-order valence-corrected chi connectivity index (χ2v) is 6.50. The fourth-order valence-electron chi connectivity index (χ4n) is 2.78. The van der Waals surface area contributed by atoms with Gasteiger partial charge in [0, 0.05) is 41.2 Å². The van der Waals surface area contributed by atoms with Gasteiger partial charge in [-0.05, 0) is 29.7 Å². The number of nitrogens with one attached hydrogen (secondary N) is 1. The van der Waals surface area contributed by atoms with Crippen LogP contribution in [-0.4, -0.2) is 34.0 Å². The molecule has 1 aliphatic heterocycles. The van der Waals surface area contributed by atoms with Crippen molar-refractivity contribution in [2.75, 3.05) is 13.1 Å². The van der Waals surface area contributed by atoms with E-state index in [-0.39, 0.29) is 11.8 Å². The molecule has 0 spiro atoms. The van der Waals surface area contributed by atoms with E-state index in [0.717, 1.165) is 29.6 Å². The summed E-state index contributed by atoms with van der Waals surface area (Å²) in [6.45, 7) is 4.41. The summed E-state index contributed by atoms with van der Waals surface area (Å²) in [5, 5.41) is 10.2. The summed E-state index contributed by atoms with van der Waals surface area (Å²) in [6, 6.07) is 6.21. The van der Waals surface area contributed by atoms with E-state index in [1.807, 2.05) is 12.3 Å². The molecule has 1 saturated heterocycles. The van der Waals surface area contributed by atoms with Crippen molar-refractivity contribution in [1.29, 1.82) is 0 Å². The van der Waals surface area contributed by atoms with Crippen LogP contribution in [0, 0.1) is 11.8 Å². The van der Waals surface area contributed by atoms with Crippen molar-refractivity contribution in [3.05, 3.63) is 34.4 Å². The number of benzene rings is 1. The zero-order valence-corrected chi connectivity index (χ0v) is 12.9. The third-order valence-electron chi connectivity index (χ3n) is 4.21. The summed E-state index contributed by atoms with van der Waals surface area (Å²) in [5.74, 6) is -0.654. The molecule has 5 heteroatoms. The number of aromatic amines is 1. The highest BCUT2D eigenvalue weighted by Crippen LogP contribution is 2.29. The van der Waals surface area contributed by atoms with Crippen LogP contribution in [-0.2, 0) is 11.3 Å². The van der Waals surface area contributed by atoms with Crippen LogP contribution in [0.3, 0.4) is 0 Å². The summed E-state index contributed by atoms with van der Waals surface area (Å²) in [4.78, 5) is 16.5. The van der Waals surface area contributed by atoms with Crippen molar-refractivity contribution in [3.8, 4) is 0 Å². The highest BCUT2D eigenvalue weighted by molar-refractivity contribution is 9.10. The lowest BCUT2D eigenvalue weighted by Gasteiger charge is -2.41. The molecule has 3 rings (SSSR count). The number of halogens is 1. The second kappa shape index (κ2) is 5.22. The Hall–Kier alpha value is -1.33. The lowest BCUT2D eigenvalue weighted by Crippen LogP contribution is -2.50. The predicted molar refractivity (Wildman–Crippen MR) is 81.6 cm³/mol. The van der Waals surface area contributed by atoms with Crippen LogP contribution in [0.4, 0.5) is 0 Å². The van der Waals surface area contributed by atoms with Gasteiger partial charge in [-0.15, -0.1) is 0 Å². The standard InChI is InChI=1S/C15H17BrN2O2/c1-9(15(19)20)11-7-18(8-11)6-10-5-17-14-3-2-12(16)4-13(10)14/h2-5,9,11,17H,6-8H2,1H3,(H,19,20). The molecule has 1 aliphatic rings. The lowest BCUT2D eigenvalue weighted by molar-refractivity contribution is -0.145. The third-order valence-corrected chi connectivity index (χ3v) is 4.70. The molecule has 2 heterocycles. The van der Waals surface area contributed by atoms with E-state index in [1.54, 1.807) is 6.92 Å². The molecule has 1 unspecified atom stereocenters. The maximum absolute atomic E-state index is 10.9. The zero-order chi connectivity index (χ0) is 14.3. The Morgan fingerprint density at radius 3 is 3.00 bits per heavy atom.